The summed E-state index contributed by atoms with van der Waals surface area (Å²) in [6.07, 6.45) is 1.55. The van der Waals surface area contributed by atoms with Crippen molar-refractivity contribution < 1.29 is 14.5 Å². The second-order valence-corrected chi connectivity index (χ2v) is 10.3. The van der Waals surface area contributed by atoms with E-state index in [1.807, 2.05) is 26.3 Å². The summed E-state index contributed by atoms with van der Waals surface area (Å²) in [5.74, 6) is 0. The Morgan fingerprint density at radius 3 is 2.74 bits per heavy atom. The van der Waals surface area contributed by atoms with Crippen LogP contribution in [0.1, 0.15) is 50.2 Å². The van der Waals surface area contributed by atoms with E-state index in [2.05, 4.69) is 9.71 Å². The van der Waals surface area contributed by atoms with Crippen LogP contribution in [0.4, 0.5) is 4.79 Å². The molecule has 0 aromatic carbocycles. The minimum absolute atomic E-state index is 0.000929. The average molecular weight is 358 g/mol. The van der Waals surface area contributed by atoms with E-state index >= 15 is 0 Å². The standard InChI is InChI=1S/C15H23N3O3S2/c1-14(2,3)23(21)17-12-11-10(16-9-22-11)8-15(12)4-6-18(7-5-15)13(19)20/h9,12,17H,4-8H2,1-3H3,(H,19,20)/t12-,23+/m0/s1. The van der Waals surface area contributed by atoms with Crippen molar-refractivity contribution in [3.63, 3.8) is 0 Å². The van der Waals surface area contributed by atoms with Gasteiger partial charge in [0.25, 0.3) is 0 Å². The molecule has 2 atom stereocenters. The van der Waals surface area contributed by atoms with E-state index in [4.69, 9.17) is 0 Å². The lowest BCUT2D eigenvalue weighted by Gasteiger charge is -2.42. The molecule has 6 nitrogen and oxygen atoms in total. The highest BCUT2D eigenvalue weighted by molar-refractivity contribution is 7.90. The molecule has 2 N–H and O–H groups in total. The highest BCUT2D eigenvalue weighted by Gasteiger charge is 2.52. The van der Waals surface area contributed by atoms with Crippen LogP contribution in [0, 0.1) is 5.41 Å². The van der Waals surface area contributed by atoms with Gasteiger partial charge in [0, 0.05) is 34.7 Å². The molecular weight excluding hydrogens is 334 g/mol. The molecule has 1 aliphatic carbocycles. The summed E-state index contributed by atoms with van der Waals surface area (Å²) in [6, 6.07) is 0.000929. The van der Waals surface area contributed by atoms with Gasteiger partial charge in [-0.2, -0.15) is 0 Å². The van der Waals surface area contributed by atoms with Gasteiger partial charge in [0.1, 0.15) is 4.75 Å². The molecule has 0 unspecified atom stereocenters. The molecule has 1 aromatic heterocycles. The summed E-state index contributed by atoms with van der Waals surface area (Å²) >= 11 is 0.445. The molecule has 0 saturated carbocycles. The topological polar surface area (TPSA) is 88.5 Å². The summed E-state index contributed by atoms with van der Waals surface area (Å²) in [5, 5.41) is 9.17. The molecular formula is C15H23N3O3S2. The van der Waals surface area contributed by atoms with E-state index in [0.717, 1.165) is 25.0 Å². The quantitative estimate of drug-likeness (QED) is 0.794. The maximum absolute atomic E-state index is 12.6. The van der Waals surface area contributed by atoms with E-state index in [9.17, 15) is 14.5 Å². The smallest absolute Gasteiger partial charge is 0.407 e. The Morgan fingerprint density at radius 2 is 2.17 bits per heavy atom. The third-order valence-corrected chi connectivity index (χ3v) is 7.38. The van der Waals surface area contributed by atoms with Crippen LogP contribution in [-0.2, 0) is 17.8 Å². The van der Waals surface area contributed by atoms with Crippen molar-refractivity contribution >= 4 is 28.8 Å². The summed E-state index contributed by atoms with van der Waals surface area (Å²) in [5.41, 5.74) is 2.86. The molecule has 2 heterocycles. The molecule has 3 rings (SSSR count). The molecule has 1 saturated heterocycles. The Hall–Kier alpha value is -0.830. The zero-order valence-electron chi connectivity index (χ0n) is 13.7. The van der Waals surface area contributed by atoms with Gasteiger partial charge in [-0.25, -0.2) is 9.78 Å². The fourth-order valence-corrected chi connectivity index (χ4v) is 5.44. The number of nitrogens with zero attached hydrogens (tertiary/aromatic N) is 2. The Labute approximate surface area is 143 Å². The van der Waals surface area contributed by atoms with Crippen LogP contribution in [0.3, 0.4) is 0 Å². The molecule has 1 aliphatic heterocycles. The molecule has 0 bridgehead atoms. The van der Waals surface area contributed by atoms with Crippen LogP contribution in [0.5, 0.6) is 0 Å². The number of carboxylic acid groups (broad SMARTS) is 1. The number of nitrogens with one attached hydrogen (secondary N) is 1. The third-order valence-electron chi connectivity index (χ3n) is 4.88. The van der Waals surface area contributed by atoms with Crippen molar-refractivity contribution in [1.82, 2.24) is 14.6 Å². The summed E-state index contributed by atoms with van der Waals surface area (Å²) in [6.45, 7) is 6.93. The average Bonchev–Trinajstić information content (AvgIpc) is 3.00. The predicted octanol–water partition coefficient (Wildman–Crippen LogP) is 2.55. The number of rotatable bonds is 2. The number of hydrogen-bond acceptors (Lipinski definition) is 5. The van der Waals surface area contributed by atoms with Crippen molar-refractivity contribution in [2.45, 2.75) is 50.8 Å². The number of hydrogen-bond donors (Lipinski definition) is 2. The maximum atomic E-state index is 12.6. The highest BCUT2D eigenvalue weighted by atomic mass is 32.2. The van der Waals surface area contributed by atoms with E-state index in [1.165, 1.54) is 9.78 Å². The monoisotopic (exact) mass is 357 g/mol. The largest absolute Gasteiger partial charge is 0.598 e. The third kappa shape index (κ3) is 3.09. The molecule has 128 valence electrons. The number of aromatic nitrogens is 1. The van der Waals surface area contributed by atoms with E-state index < -0.39 is 17.5 Å². The number of amides is 1. The van der Waals surface area contributed by atoms with Gasteiger partial charge in [-0.05, 0) is 40.0 Å². The van der Waals surface area contributed by atoms with Crippen molar-refractivity contribution in [2.75, 3.05) is 13.1 Å². The first-order valence-electron chi connectivity index (χ1n) is 7.81. The van der Waals surface area contributed by atoms with Crippen LogP contribution in [0.2, 0.25) is 0 Å². The number of likely N-dealkylation sites (tertiary alicyclic amines) is 1. The summed E-state index contributed by atoms with van der Waals surface area (Å²) in [4.78, 5) is 18.3. The molecule has 8 heteroatoms. The zero-order chi connectivity index (χ0) is 16.8. The van der Waals surface area contributed by atoms with Gasteiger partial charge in [-0.15, -0.1) is 16.1 Å². The lowest BCUT2D eigenvalue weighted by Crippen LogP contribution is -2.50. The van der Waals surface area contributed by atoms with E-state index in [1.54, 1.807) is 11.3 Å². The van der Waals surface area contributed by atoms with Gasteiger partial charge in [-0.3, -0.25) is 0 Å². The van der Waals surface area contributed by atoms with E-state index in [-0.39, 0.29) is 16.2 Å². The van der Waals surface area contributed by atoms with Crippen LogP contribution in [0.15, 0.2) is 5.51 Å². The molecule has 1 fully saturated rings. The fraction of sp³-hybridized carbons (Fsp3) is 0.733. The fourth-order valence-electron chi connectivity index (χ4n) is 3.43. The first-order chi connectivity index (χ1) is 10.7. The van der Waals surface area contributed by atoms with Gasteiger partial charge in [0.15, 0.2) is 0 Å². The van der Waals surface area contributed by atoms with Gasteiger partial charge < -0.3 is 14.6 Å². The van der Waals surface area contributed by atoms with Crippen LogP contribution < -0.4 is 4.72 Å². The first-order valence-corrected chi connectivity index (χ1v) is 9.84. The number of thiazole rings is 1. The molecule has 2 aliphatic rings. The number of fused-ring (bicyclic) bond motifs is 1. The number of piperidine rings is 1. The maximum Gasteiger partial charge on any atom is 0.407 e. The number of carbonyl (C=O) groups is 1. The normalized spacial score (nSPS) is 24.7. The van der Waals surface area contributed by atoms with Gasteiger partial charge in [-0.1, -0.05) is 0 Å². The Kier molecular flexibility index (Phi) is 4.37. The molecule has 1 amide bonds. The van der Waals surface area contributed by atoms with Crippen LogP contribution >= 0.6 is 11.3 Å². The van der Waals surface area contributed by atoms with Crippen LogP contribution in [0.25, 0.3) is 0 Å². The second kappa shape index (κ2) is 5.91. The summed E-state index contributed by atoms with van der Waals surface area (Å²) in [7, 11) is 0. The lowest BCUT2D eigenvalue weighted by atomic mass is 9.74. The van der Waals surface area contributed by atoms with Crippen molar-refractivity contribution in [1.29, 1.82) is 0 Å². The van der Waals surface area contributed by atoms with Crippen molar-refractivity contribution in [3.05, 3.63) is 16.1 Å². The van der Waals surface area contributed by atoms with E-state index in [0.29, 0.717) is 13.1 Å². The molecule has 23 heavy (non-hydrogen) atoms. The zero-order valence-corrected chi connectivity index (χ0v) is 15.3. The van der Waals surface area contributed by atoms with Crippen molar-refractivity contribution in [3.8, 4) is 0 Å². The Balaban J connectivity index is 1.83. The van der Waals surface area contributed by atoms with Gasteiger partial charge >= 0.3 is 6.09 Å². The predicted molar refractivity (Wildman–Crippen MR) is 90.9 cm³/mol. The minimum atomic E-state index is -1.16. The Morgan fingerprint density at radius 1 is 1.52 bits per heavy atom. The summed E-state index contributed by atoms with van der Waals surface area (Å²) < 4.78 is 15.6. The molecule has 1 aromatic rings. The lowest BCUT2D eigenvalue weighted by molar-refractivity contribution is 0.0765. The second-order valence-electron chi connectivity index (χ2n) is 7.40. The minimum Gasteiger partial charge on any atom is -0.598 e. The molecule has 1 spiro atoms. The highest BCUT2D eigenvalue weighted by Crippen LogP contribution is 2.53. The SMILES string of the molecule is CC(C)(C)[S@@+]([O-])N[C@H]1c2scnc2CC12CCN(C(=O)O)CC2. The van der Waals surface area contributed by atoms with Crippen LogP contribution in [-0.4, -0.2) is 43.5 Å². The van der Waals surface area contributed by atoms with Crippen molar-refractivity contribution in [2.24, 2.45) is 5.41 Å². The van der Waals surface area contributed by atoms with Gasteiger partial charge in [0.2, 0.25) is 0 Å². The molecule has 0 radical (unpaired) electrons. The Bertz CT molecular complexity index is 591. The first kappa shape index (κ1) is 17.0. The van der Waals surface area contributed by atoms with Gasteiger partial charge in [0.05, 0.1) is 17.2 Å².